The Kier molecular flexibility index (Phi) is 5.61. The SMILES string of the molecule is CCN/C=C\C(=N)Nc1ncc2c(n1)-c1c(nn(C)c1Cc1cccc(C)c1)CC2. The molecule has 7 heteroatoms. The maximum Gasteiger partial charge on any atom is 0.228 e. The average Bonchev–Trinajstić information content (AvgIpc) is 3.04. The molecule has 1 aromatic carbocycles. The van der Waals surface area contributed by atoms with Crippen LogP contribution >= 0.6 is 0 Å². The third-order valence-corrected chi connectivity index (χ3v) is 5.24. The van der Waals surface area contributed by atoms with E-state index in [2.05, 4.69) is 46.8 Å². The number of rotatable bonds is 6. The van der Waals surface area contributed by atoms with Crippen molar-refractivity contribution < 1.29 is 0 Å². The second kappa shape index (κ2) is 8.49. The number of aryl methyl sites for hydroxylation is 4. The molecule has 0 atom stereocenters. The van der Waals surface area contributed by atoms with Crippen LogP contribution < -0.4 is 10.6 Å². The molecule has 0 fully saturated rings. The normalized spacial score (nSPS) is 12.5. The van der Waals surface area contributed by atoms with E-state index in [9.17, 15) is 0 Å². The number of hydrogen-bond donors (Lipinski definition) is 3. The number of benzene rings is 1. The van der Waals surface area contributed by atoms with E-state index in [1.807, 2.05) is 24.9 Å². The highest BCUT2D eigenvalue weighted by atomic mass is 15.3. The van der Waals surface area contributed by atoms with Crippen LogP contribution in [-0.4, -0.2) is 32.1 Å². The molecule has 2 aromatic heterocycles. The molecule has 0 amide bonds. The molecule has 1 aliphatic rings. The minimum Gasteiger partial charge on any atom is -0.391 e. The maximum atomic E-state index is 8.07. The number of aromatic nitrogens is 4. The van der Waals surface area contributed by atoms with Gasteiger partial charge in [0.1, 0.15) is 5.84 Å². The van der Waals surface area contributed by atoms with Gasteiger partial charge in [-0.05, 0) is 43.9 Å². The van der Waals surface area contributed by atoms with E-state index in [0.717, 1.165) is 54.0 Å². The van der Waals surface area contributed by atoms with Crippen molar-refractivity contribution in [2.75, 3.05) is 11.9 Å². The summed E-state index contributed by atoms with van der Waals surface area (Å²) in [7, 11) is 2.00. The van der Waals surface area contributed by atoms with Gasteiger partial charge in [0.25, 0.3) is 0 Å². The summed E-state index contributed by atoms with van der Waals surface area (Å²) >= 11 is 0. The maximum absolute atomic E-state index is 8.07. The Morgan fingerprint density at radius 2 is 2.17 bits per heavy atom. The molecule has 0 radical (unpaired) electrons. The molecule has 7 nitrogen and oxygen atoms in total. The first kappa shape index (κ1) is 19.8. The van der Waals surface area contributed by atoms with Crippen LogP contribution in [0.5, 0.6) is 0 Å². The van der Waals surface area contributed by atoms with E-state index < -0.39 is 0 Å². The van der Waals surface area contributed by atoms with Crippen molar-refractivity contribution in [1.29, 1.82) is 5.41 Å². The van der Waals surface area contributed by atoms with Gasteiger partial charge in [0.05, 0.1) is 17.1 Å². The van der Waals surface area contributed by atoms with Crippen LogP contribution in [-0.2, 0) is 26.3 Å². The number of nitrogens with zero attached hydrogens (tertiary/aromatic N) is 4. The Bertz CT molecular complexity index is 1110. The zero-order chi connectivity index (χ0) is 21.1. The topological polar surface area (TPSA) is 91.5 Å². The van der Waals surface area contributed by atoms with E-state index >= 15 is 0 Å². The summed E-state index contributed by atoms with van der Waals surface area (Å²) in [6.45, 7) is 4.93. The van der Waals surface area contributed by atoms with E-state index in [0.29, 0.717) is 5.95 Å². The van der Waals surface area contributed by atoms with Gasteiger partial charge in [-0.3, -0.25) is 10.1 Å². The molecular weight excluding hydrogens is 374 g/mol. The fourth-order valence-corrected chi connectivity index (χ4v) is 3.83. The van der Waals surface area contributed by atoms with Crippen molar-refractivity contribution in [2.45, 2.75) is 33.1 Å². The Balaban J connectivity index is 1.67. The van der Waals surface area contributed by atoms with Crippen molar-refractivity contribution >= 4 is 11.8 Å². The van der Waals surface area contributed by atoms with Crippen LogP contribution in [0.2, 0.25) is 0 Å². The third-order valence-electron chi connectivity index (χ3n) is 5.24. The first-order chi connectivity index (χ1) is 14.5. The van der Waals surface area contributed by atoms with Crippen LogP contribution in [0, 0.1) is 12.3 Å². The number of amidine groups is 1. The van der Waals surface area contributed by atoms with Gasteiger partial charge in [-0.15, -0.1) is 0 Å². The standard InChI is InChI=1S/C23H27N7/c1-4-25-11-10-20(24)27-23-26-14-17-8-9-18-21(22(17)28-23)19(30(3)29-18)13-16-7-5-6-15(2)12-16/h5-7,10-12,14,25H,4,8-9,13H2,1-3H3,(H2,24,26,27,28)/b11-10-. The molecule has 0 spiro atoms. The van der Waals surface area contributed by atoms with Gasteiger partial charge in [-0.1, -0.05) is 29.8 Å². The fraction of sp³-hybridized carbons (Fsp3) is 0.304. The smallest absolute Gasteiger partial charge is 0.228 e. The summed E-state index contributed by atoms with van der Waals surface area (Å²) in [5.74, 6) is 0.663. The van der Waals surface area contributed by atoms with E-state index in [-0.39, 0.29) is 5.84 Å². The fourth-order valence-electron chi connectivity index (χ4n) is 3.83. The highest BCUT2D eigenvalue weighted by molar-refractivity contribution is 6.00. The summed E-state index contributed by atoms with van der Waals surface area (Å²) in [6, 6.07) is 8.58. The largest absolute Gasteiger partial charge is 0.391 e. The van der Waals surface area contributed by atoms with Crippen molar-refractivity contribution in [3.63, 3.8) is 0 Å². The van der Waals surface area contributed by atoms with Crippen LogP contribution in [0.3, 0.4) is 0 Å². The summed E-state index contributed by atoms with van der Waals surface area (Å²) in [6.07, 6.45) is 7.84. The molecule has 30 heavy (non-hydrogen) atoms. The lowest BCUT2D eigenvalue weighted by Gasteiger charge is -2.17. The zero-order valence-electron chi connectivity index (χ0n) is 17.7. The molecule has 3 N–H and O–H groups in total. The van der Waals surface area contributed by atoms with Crippen LogP contribution in [0.1, 0.15) is 35.0 Å². The molecule has 1 aliphatic carbocycles. The van der Waals surface area contributed by atoms with Crippen LogP contribution in [0.25, 0.3) is 11.3 Å². The minimum absolute atomic E-state index is 0.234. The first-order valence-electron chi connectivity index (χ1n) is 10.3. The van der Waals surface area contributed by atoms with Crippen molar-refractivity contribution in [3.8, 4) is 11.3 Å². The highest BCUT2D eigenvalue weighted by Gasteiger charge is 2.26. The molecule has 0 unspecified atom stereocenters. The Labute approximate surface area is 176 Å². The number of fused-ring (bicyclic) bond motifs is 3. The number of nitrogens with one attached hydrogen (secondary N) is 3. The van der Waals surface area contributed by atoms with E-state index in [4.69, 9.17) is 15.5 Å². The lowest BCUT2D eigenvalue weighted by atomic mass is 9.91. The summed E-state index contributed by atoms with van der Waals surface area (Å²) in [5.41, 5.74) is 7.91. The molecule has 0 saturated heterocycles. The van der Waals surface area contributed by atoms with Gasteiger partial charge < -0.3 is 10.6 Å². The molecule has 0 aliphatic heterocycles. The quantitative estimate of drug-likeness (QED) is 0.435. The molecule has 3 aromatic rings. The van der Waals surface area contributed by atoms with Crippen molar-refractivity contribution in [3.05, 3.63) is 70.8 Å². The summed E-state index contributed by atoms with van der Waals surface area (Å²) in [4.78, 5) is 9.21. The van der Waals surface area contributed by atoms with Crippen molar-refractivity contribution in [2.24, 2.45) is 7.05 Å². The minimum atomic E-state index is 0.234. The second-order valence-corrected chi connectivity index (χ2v) is 7.55. The van der Waals surface area contributed by atoms with Crippen LogP contribution in [0.4, 0.5) is 5.95 Å². The zero-order valence-corrected chi connectivity index (χ0v) is 17.7. The van der Waals surface area contributed by atoms with Gasteiger partial charge in [-0.25, -0.2) is 9.97 Å². The predicted molar refractivity (Wildman–Crippen MR) is 120 cm³/mol. The average molecular weight is 402 g/mol. The van der Waals surface area contributed by atoms with Gasteiger partial charge in [-0.2, -0.15) is 5.10 Å². The van der Waals surface area contributed by atoms with Gasteiger partial charge in [0.15, 0.2) is 0 Å². The molecule has 154 valence electrons. The van der Waals surface area contributed by atoms with Gasteiger partial charge in [0.2, 0.25) is 5.95 Å². The predicted octanol–water partition coefficient (Wildman–Crippen LogP) is 3.39. The monoisotopic (exact) mass is 401 g/mol. The molecular formula is C23H27N7. The molecule has 2 heterocycles. The molecule has 4 rings (SSSR count). The molecule has 0 bridgehead atoms. The lowest BCUT2D eigenvalue weighted by molar-refractivity contribution is 0.705. The third kappa shape index (κ3) is 4.10. The van der Waals surface area contributed by atoms with E-state index in [1.165, 1.54) is 11.1 Å². The first-order valence-corrected chi connectivity index (χ1v) is 10.3. The second-order valence-electron chi connectivity index (χ2n) is 7.55. The van der Waals surface area contributed by atoms with E-state index in [1.54, 1.807) is 12.3 Å². The Morgan fingerprint density at radius 3 is 2.97 bits per heavy atom. The van der Waals surface area contributed by atoms with Crippen molar-refractivity contribution in [1.82, 2.24) is 25.1 Å². The van der Waals surface area contributed by atoms with Crippen LogP contribution in [0.15, 0.2) is 42.7 Å². The Hall–Kier alpha value is -3.48. The number of anilines is 1. The molecule has 0 saturated carbocycles. The lowest BCUT2D eigenvalue weighted by Crippen LogP contribution is -2.14. The van der Waals surface area contributed by atoms with Gasteiger partial charge in [0, 0.05) is 38.0 Å². The summed E-state index contributed by atoms with van der Waals surface area (Å²) in [5, 5.41) is 18.9. The van der Waals surface area contributed by atoms with Gasteiger partial charge >= 0.3 is 0 Å². The summed E-state index contributed by atoms with van der Waals surface area (Å²) < 4.78 is 1.98. The Morgan fingerprint density at radius 1 is 1.30 bits per heavy atom. The number of hydrogen-bond acceptors (Lipinski definition) is 5. The highest BCUT2D eigenvalue weighted by Crippen LogP contribution is 2.35.